The van der Waals surface area contributed by atoms with E-state index in [4.69, 9.17) is 0 Å². The van der Waals surface area contributed by atoms with Gasteiger partial charge >= 0.3 is 0 Å². The number of amides is 2. The summed E-state index contributed by atoms with van der Waals surface area (Å²) in [4.78, 5) is 28.3. The van der Waals surface area contributed by atoms with E-state index in [1.165, 1.54) is 11.1 Å². The van der Waals surface area contributed by atoms with Gasteiger partial charge < -0.3 is 15.1 Å². The van der Waals surface area contributed by atoms with Gasteiger partial charge in [0, 0.05) is 38.6 Å². The predicted octanol–water partition coefficient (Wildman–Crippen LogP) is 2.67. The SMILES string of the molecule is CN(C)c1ccc(NC(=O)CC(=O)N2CCc3ccccc3C2)cc1. The molecule has 1 N–H and O–H groups in total. The Morgan fingerprint density at radius 3 is 2.40 bits per heavy atom. The summed E-state index contributed by atoms with van der Waals surface area (Å²) in [7, 11) is 3.92. The fourth-order valence-electron chi connectivity index (χ4n) is 3.01. The molecular formula is C20H23N3O2. The summed E-state index contributed by atoms with van der Waals surface area (Å²) in [5.41, 5.74) is 4.22. The lowest BCUT2D eigenvalue weighted by Gasteiger charge is -2.28. The number of fused-ring (bicyclic) bond motifs is 1. The number of carbonyl (C=O) groups excluding carboxylic acids is 2. The predicted molar refractivity (Wildman–Crippen MR) is 99.6 cm³/mol. The molecule has 130 valence electrons. The zero-order chi connectivity index (χ0) is 17.8. The summed E-state index contributed by atoms with van der Waals surface area (Å²) >= 11 is 0. The second-order valence-electron chi connectivity index (χ2n) is 6.50. The standard InChI is InChI=1S/C20H23N3O2/c1-22(2)18-9-7-17(8-10-18)21-19(24)13-20(25)23-12-11-15-5-3-4-6-16(15)14-23/h3-10H,11-14H2,1-2H3,(H,21,24). The lowest BCUT2D eigenvalue weighted by Crippen LogP contribution is -2.37. The molecule has 5 heteroatoms. The molecule has 2 aromatic carbocycles. The number of anilines is 2. The number of hydrogen-bond acceptors (Lipinski definition) is 3. The number of nitrogens with zero attached hydrogens (tertiary/aromatic N) is 2. The fraction of sp³-hybridized carbons (Fsp3) is 0.300. The first-order valence-electron chi connectivity index (χ1n) is 8.45. The minimum atomic E-state index is -0.276. The van der Waals surface area contributed by atoms with Crippen molar-refractivity contribution in [2.75, 3.05) is 30.9 Å². The van der Waals surface area contributed by atoms with E-state index in [2.05, 4.69) is 11.4 Å². The van der Waals surface area contributed by atoms with Crippen molar-refractivity contribution < 1.29 is 9.59 Å². The van der Waals surface area contributed by atoms with Crippen molar-refractivity contribution >= 4 is 23.2 Å². The molecule has 0 atom stereocenters. The molecule has 2 amide bonds. The van der Waals surface area contributed by atoms with Gasteiger partial charge in [0.2, 0.25) is 11.8 Å². The molecular weight excluding hydrogens is 314 g/mol. The molecule has 0 bridgehead atoms. The van der Waals surface area contributed by atoms with Gasteiger partial charge in [-0.1, -0.05) is 24.3 Å². The second-order valence-corrected chi connectivity index (χ2v) is 6.50. The third kappa shape index (κ3) is 4.18. The van der Waals surface area contributed by atoms with Gasteiger partial charge in [0.25, 0.3) is 0 Å². The van der Waals surface area contributed by atoms with Crippen molar-refractivity contribution in [2.45, 2.75) is 19.4 Å². The highest BCUT2D eigenvalue weighted by molar-refractivity contribution is 6.03. The van der Waals surface area contributed by atoms with E-state index in [0.717, 1.165) is 12.1 Å². The molecule has 1 aliphatic heterocycles. The van der Waals surface area contributed by atoms with Crippen molar-refractivity contribution in [3.8, 4) is 0 Å². The van der Waals surface area contributed by atoms with Crippen molar-refractivity contribution in [1.29, 1.82) is 0 Å². The minimum Gasteiger partial charge on any atom is -0.378 e. The summed E-state index contributed by atoms with van der Waals surface area (Å²) in [5, 5.41) is 2.79. The molecule has 1 aliphatic rings. The zero-order valence-electron chi connectivity index (χ0n) is 14.7. The molecule has 0 spiro atoms. The summed E-state index contributed by atoms with van der Waals surface area (Å²) in [6, 6.07) is 15.7. The Kier molecular flexibility index (Phi) is 5.03. The Labute approximate surface area is 148 Å². The van der Waals surface area contributed by atoms with Crippen LogP contribution < -0.4 is 10.2 Å². The Bertz CT molecular complexity index is 769. The van der Waals surface area contributed by atoms with Gasteiger partial charge in [0.05, 0.1) is 0 Å². The highest BCUT2D eigenvalue weighted by Crippen LogP contribution is 2.19. The molecule has 0 aromatic heterocycles. The summed E-state index contributed by atoms with van der Waals surface area (Å²) in [5.74, 6) is -0.404. The first-order chi connectivity index (χ1) is 12.0. The molecule has 0 saturated heterocycles. The van der Waals surface area contributed by atoms with Crippen LogP contribution in [0.2, 0.25) is 0 Å². The highest BCUT2D eigenvalue weighted by Gasteiger charge is 2.22. The van der Waals surface area contributed by atoms with Crippen molar-refractivity contribution in [3.63, 3.8) is 0 Å². The fourth-order valence-corrected chi connectivity index (χ4v) is 3.01. The Morgan fingerprint density at radius 1 is 1.04 bits per heavy atom. The maximum atomic E-state index is 12.4. The number of benzene rings is 2. The maximum absolute atomic E-state index is 12.4. The number of rotatable bonds is 4. The van der Waals surface area contributed by atoms with Gasteiger partial charge in [0.1, 0.15) is 6.42 Å². The van der Waals surface area contributed by atoms with Gasteiger partial charge in [-0.15, -0.1) is 0 Å². The van der Waals surface area contributed by atoms with E-state index in [-0.39, 0.29) is 18.2 Å². The van der Waals surface area contributed by atoms with Crippen LogP contribution in [0.15, 0.2) is 48.5 Å². The molecule has 3 rings (SSSR count). The molecule has 0 saturated carbocycles. The van der Waals surface area contributed by atoms with Crippen LogP contribution in [0, 0.1) is 0 Å². The largest absolute Gasteiger partial charge is 0.378 e. The average Bonchev–Trinajstić information content (AvgIpc) is 2.61. The third-order valence-corrected chi connectivity index (χ3v) is 4.46. The Hall–Kier alpha value is -2.82. The molecule has 0 unspecified atom stereocenters. The molecule has 5 nitrogen and oxygen atoms in total. The maximum Gasteiger partial charge on any atom is 0.233 e. The molecule has 0 fully saturated rings. The molecule has 0 aliphatic carbocycles. The van der Waals surface area contributed by atoms with Gasteiger partial charge in [-0.2, -0.15) is 0 Å². The van der Waals surface area contributed by atoms with Crippen LogP contribution in [0.1, 0.15) is 17.5 Å². The molecule has 0 radical (unpaired) electrons. The van der Waals surface area contributed by atoms with Crippen LogP contribution in [-0.2, 0) is 22.6 Å². The van der Waals surface area contributed by atoms with E-state index in [9.17, 15) is 9.59 Å². The summed E-state index contributed by atoms with van der Waals surface area (Å²) in [6.07, 6.45) is 0.715. The molecule has 2 aromatic rings. The van der Waals surface area contributed by atoms with Crippen LogP contribution in [0.3, 0.4) is 0 Å². The monoisotopic (exact) mass is 337 g/mol. The van der Waals surface area contributed by atoms with Gasteiger partial charge in [-0.3, -0.25) is 9.59 Å². The smallest absolute Gasteiger partial charge is 0.233 e. The van der Waals surface area contributed by atoms with E-state index in [1.807, 2.05) is 61.5 Å². The van der Waals surface area contributed by atoms with Gasteiger partial charge in [0.15, 0.2) is 0 Å². The van der Waals surface area contributed by atoms with Crippen molar-refractivity contribution in [1.82, 2.24) is 4.90 Å². The van der Waals surface area contributed by atoms with E-state index >= 15 is 0 Å². The van der Waals surface area contributed by atoms with Crippen LogP contribution in [0.4, 0.5) is 11.4 Å². The van der Waals surface area contributed by atoms with Gasteiger partial charge in [-0.25, -0.2) is 0 Å². The number of nitrogens with one attached hydrogen (secondary N) is 1. The first-order valence-corrected chi connectivity index (χ1v) is 8.45. The summed E-state index contributed by atoms with van der Waals surface area (Å²) < 4.78 is 0. The second kappa shape index (κ2) is 7.38. The normalized spacial score (nSPS) is 13.1. The number of carbonyl (C=O) groups is 2. The quantitative estimate of drug-likeness (QED) is 0.873. The average molecular weight is 337 g/mol. The molecule has 1 heterocycles. The zero-order valence-corrected chi connectivity index (χ0v) is 14.7. The van der Waals surface area contributed by atoms with Crippen LogP contribution in [0.25, 0.3) is 0 Å². The minimum absolute atomic E-state index is 0.127. The first kappa shape index (κ1) is 17.0. The van der Waals surface area contributed by atoms with Crippen LogP contribution in [0.5, 0.6) is 0 Å². The van der Waals surface area contributed by atoms with E-state index in [0.29, 0.717) is 18.8 Å². The van der Waals surface area contributed by atoms with Crippen molar-refractivity contribution in [2.24, 2.45) is 0 Å². The lowest BCUT2D eigenvalue weighted by atomic mass is 10.00. The van der Waals surface area contributed by atoms with Gasteiger partial charge in [-0.05, 0) is 41.8 Å². The van der Waals surface area contributed by atoms with Crippen molar-refractivity contribution in [3.05, 3.63) is 59.7 Å². The van der Waals surface area contributed by atoms with E-state index < -0.39 is 0 Å². The highest BCUT2D eigenvalue weighted by atomic mass is 16.2. The Morgan fingerprint density at radius 2 is 1.72 bits per heavy atom. The summed E-state index contributed by atoms with van der Waals surface area (Å²) in [6.45, 7) is 1.25. The number of hydrogen-bond donors (Lipinski definition) is 1. The molecule has 25 heavy (non-hydrogen) atoms. The third-order valence-electron chi connectivity index (χ3n) is 4.46. The van der Waals surface area contributed by atoms with Crippen LogP contribution in [-0.4, -0.2) is 37.4 Å². The Balaban J connectivity index is 1.55. The topological polar surface area (TPSA) is 52.7 Å². The van der Waals surface area contributed by atoms with E-state index in [1.54, 1.807) is 4.90 Å². The lowest BCUT2D eigenvalue weighted by molar-refractivity contribution is -0.135. The van der Waals surface area contributed by atoms with Crippen LogP contribution >= 0.6 is 0 Å².